The van der Waals surface area contributed by atoms with Gasteiger partial charge in [0.05, 0.1) is 17.4 Å². The van der Waals surface area contributed by atoms with Gasteiger partial charge in [0.2, 0.25) is 5.91 Å². The van der Waals surface area contributed by atoms with Gasteiger partial charge in [0.15, 0.2) is 0 Å². The summed E-state index contributed by atoms with van der Waals surface area (Å²) in [5.74, 6) is 0.0305. The first-order valence-electron chi connectivity index (χ1n) is 11.8. The monoisotopic (exact) mass is 473 g/mol. The van der Waals surface area contributed by atoms with E-state index in [1.165, 1.54) is 30.2 Å². The Bertz CT molecular complexity index is 1100. The Labute approximate surface area is 205 Å². The van der Waals surface area contributed by atoms with Crippen LogP contribution in [0.1, 0.15) is 40.4 Å². The summed E-state index contributed by atoms with van der Waals surface area (Å²) in [4.78, 5) is 28.8. The summed E-state index contributed by atoms with van der Waals surface area (Å²) in [6.45, 7) is 4.67. The summed E-state index contributed by atoms with van der Waals surface area (Å²) < 4.78 is 0. The lowest BCUT2D eigenvalue weighted by molar-refractivity contribution is -0.113. The third-order valence-corrected chi connectivity index (χ3v) is 7.12. The topological polar surface area (TPSA) is 61.4 Å². The maximum absolute atomic E-state index is 13.1. The predicted molar refractivity (Wildman–Crippen MR) is 139 cm³/mol. The van der Waals surface area contributed by atoms with E-state index < -0.39 is 0 Å². The summed E-state index contributed by atoms with van der Waals surface area (Å²) >= 11 is 1.38. The maximum Gasteiger partial charge on any atom is 0.252 e. The van der Waals surface area contributed by atoms with Gasteiger partial charge in [0.25, 0.3) is 5.91 Å². The van der Waals surface area contributed by atoms with Gasteiger partial charge in [-0.3, -0.25) is 14.5 Å². The van der Waals surface area contributed by atoms with Crippen molar-refractivity contribution < 1.29 is 9.59 Å². The molecule has 2 N–H and O–H groups in total. The van der Waals surface area contributed by atoms with Crippen LogP contribution in [-0.4, -0.2) is 42.1 Å². The first-order chi connectivity index (χ1) is 16.6. The zero-order chi connectivity index (χ0) is 23.8. The van der Waals surface area contributed by atoms with Crippen LogP contribution in [0.4, 0.5) is 5.69 Å². The Kier molecular flexibility index (Phi) is 8.39. The fraction of sp³-hybridized carbons (Fsp3) is 0.286. The molecule has 2 amide bonds. The molecule has 3 aromatic carbocycles. The van der Waals surface area contributed by atoms with Crippen molar-refractivity contribution in [2.45, 2.75) is 30.7 Å². The van der Waals surface area contributed by atoms with Crippen LogP contribution in [0.2, 0.25) is 0 Å². The number of rotatable bonds is 9. The van der Waals surface area contributed by atoms with Gasteiger partial charge in [-0.2, -0.15) is 0 Å². The van der Waals surface area contributed by atoms with Gasteiger partial charge >= 0.3 is 0 Å². The molecule has 34 heavy (non-hydrogen) atoms. The Morgan fingerprint density at radius 2 is 1.59 bits per heavy atom. The molecule has 3 aromatic rings. The summed E-state index contributed by atoms with van der Waals surface area (Å²) in [6.07, 6.45) is 2.39. The van der Waals surface area contributed by atoms with Crippen molar-refractivity contribution in [2.24, 2.45) is 0 Å². The van der Waals surface area contributed by atoms with Crippen molar-refractivity contribution in [1.29, 1.82) is 0 Å². The lowest BCUT2D eigenvalue weighted by Crippen LogP contribution is -2.37. The van der Waals surface area contributed by atoms with E-state index in [4.69, 9.17) is 0 Å². The highest BCUT2D eigenvalue weighted by Crippen LogP contribution is 2.26. The zero-order valence-electron chi connectivity index (χ0n) is 19.5. The average molecular weight is 474 g/mol. The molecule has 0 radical (unpaired) electrons. The molecule has 1 unspecified atom stereocenters. The summed E-state index contributed by atoms with van der Waals surface area (Å²) in [5.41, 5.74) is 3.74. The molecule has 1 aliphatic rings. The zero-order valence-corrected chi connectivity index (χ0v) is 20.3. The van der Waals surface area contributed by atoms with Crippen molar-refractivity contribution in [3.8, 4) is 0 Å². The number of thioether (sulfide) groups is 1. The molecule has 1 heterocycles. The van der Waals surface area contributed by atoms with Crippen molar-refractivity contribution >= 4 is 29.3 Å². The Morgan fingerprint density at radius 1 is 0.912 bits per heavy atom. The highest BCUT2D eigenvalue weighted by Gasteiger charge is 2.24. The van der Waals surface area contributed by atoms with Crippen molar-refractivity contribution in [2.75, 3.05) is 30.7 Å². The highest BCUT2D eigenvalue weighted by molar-refractivity contribution is 8.00. The number of carbonyl (C=O) groups is 2. The number of nitrogens with one attached hydrogen (secondary N) is 2. The molecule has 176 valence electrons. The van der Waals surface area contributed by atoms with E-state index in [1.54, 1.807) is 0 Å². The maximum atomic E-state index is 13.1. The smallest absolute Gasteiger partial charge is 0.252 e. The number of anilines is 1. The Morgan fingerprint density at radius 3 is 2.32 bits per heavy atom. The first kappa shape index (κ1) is 24.0. The number of carbonyl (C=O) groups excluding carboxylic acids is 2. The number of hydrogen-bond donors (Lipinski definition) is 2. The molecule has 5 nitrogen and oxygen atoms in total. The third-order valence-electron chi connectivity index (χ3n) is 6.05. The number of nitrogens with zero attached hydrogens (tertiary/aromatic N) is 1. The molecule has 0 spiro atoms. The fourth-order valence-electron chi connectivity index (χ4n) is 4.23. The lowest BCUT2D eigenvalue weighted by atomic mass is 10.1. The average Bonchev–Trinajstić information content (AvgIpc) is 3.40. The van der Waals surface area contributed by atoms with E-state index in [-0.39, 0.29) is 23.6 Å². The van der Waals surface area contributed by atoms with Gasteiger partial charge in [-0.1, -0.05) is 60.2 Å². The van der Waals surface area contributed by atoms with Crippen LogP contribution in [0, 0.1) is 6.92 Å². The molecular formula is C28H31N3O2S. The molecule has 1 aliphatic heterocycles. The number of hydrogen-bond acceptors (Lipinski definition) is 4. The van der Waals surface area contributed by atoms with E-state index in [9.17, 15) is 9.59 Å². The predicted octanol–water partition coefficient (Wildman–Crippen LogP) is 5.29. The van der Waals surface area contributed by atoms with E-state index >= 15 is 0 Å². The second-order valence-corrected chi connectivity index (χ2v) is 9.60. The number of aryl methyl sites for hydroxylation is 1. The summed E-state index contributed by atoms with van der Waals surface area (Å²) in [7, 11) is 0. The van der Waals surface area contributed by atoms with Gasteiger partial charge in [-0.15, -0.1) is 11.8 Å². The van der Waals surface area contributed by atoms with Gasteiger partial charge in [-0.05, 0) is 62.7 Å². The van der Waals surface area contributed by atoms with Crippen molar-refractivity contribution in [3.63, 3.8) is 0 Å². The molecule has 1 atom stereocenters. The largest absolute Gasteiger partial charge is 0.350 e. The van der Waals surface area contributed by atoms with Crippen LogP contribution >= 0.6 is 11.8 Å². The Balaban J connectivity index is 1.37. The van der Waals surface area contributed by atoms with Crippen LogP contribution < -0.4 is 10.6 Å². The normalized spacial score (nSPS) is 14.5. The molecule has 1 saturated heterocycles. The molecule has 6 heteroatoms. The van der Waals surface area contributed by atoms with E-state index in [0.29, 0.717) is 12.1 Å². The lowest BCUT2D eigenvalue weighted by Gasteiger charge is -2.28. The summed E-state index contributed by atoms with van der Waals surface area (Å²) in [5, 5.41) is 6.06. The number of amides is 2. The Hall–Kier alpha value is -3.09. The van der Waals surface area contributed by atoms with Crippen LogP contribution in [0.15, 0.2) is 83.8 Å². The molecule has 1 fully saturated rings. The van der Waals surface area contributed by atoms with Crippen LogP contribution in [0.3, 0.4) is 0 Å². The minimum absolute atomic E-state index is 0.0951. The van der Waals surface area contributed by atoms with Gasteiger partial charge in [-0.25, -0.2) is 0 Å². The van der Waals surface area contributed by atoms with E-state index in [0.717, 1.165) is 29.2 Å². The second-order valence-electron chi connectivity index (χ2n) is 8.58. The number of likely N-dealkylation sites (tertiary alicyclic amines) is 1. The molecule has 0 aliphatic carbocycles. The SMILES string of the molecule is Cc1ccc(NC(=O)CSc2ccccc2C(=O)NCC(c2ccccc2)N2CCCC2)cc1. The molecule has 0 saturated carbocycles. The van der Waals surface area contributed by atoms with Crippen molar-refractivity contribution in [1.82, 2.24) is 10.2 Å². The standard InChI is InChI=1S/C28H31N3O2S/c1-21-13-15-23(16-14-21)30-27(32)20-34-26-12-6-5-11-24(26)28(33)29-19-25(31-17-7-8-18-31)22-9-3-2-4-10-22/h2-6,9-16,25H,7-8,17-20H2,1H3,(H,29,33)(H,30,32). The quantitative estimate of drug-likeness (QED) is 0.415. The minimum Gasteiger partial charge on any atom is -0.350 e. The molecule has 0 aromatic heterocycles. The highest BCUT2D eigenvalue weighted by atomic mass is 32.2. The van der Waals surface area contributed by atoms with Gasteiger partial charge < -0.3 is 10.6 Å². The fourth-order valence-corrected chi connectivity index (χ4v) is 5.08. The van der Waals surface area contributed by atoms with Gasteiger partial charge in [0.1, 0.15) is 0 Å². The molecule has 4 rings (SSSR count). The minimum atomic E-state index is -0.109. The van der Waals surface area contributed by atoms with Crippen LogP contribution in [0.25, 0.3) is 0 Å². The number of benzene rings is 3. The van der Waals surface area contributed by atoms with E-state index in [1.807, 2.05) is 73.7 Å². The van der Waals surface area contributed by atoms with Crippen LogP contribution in [0.5, 0.6) is 0 Å². The molecule has 0 bridgehead atoms. The van der Waals surface area contributed by atoms with Crippen LogP contribution in [-0.2, 0) is 4.79 Å². The van der Waals surface area contributed by atoms with Crippen molar-refractivity contribution in [3.05, 3.63) is 95.6 Å². The molecular weight excluding hydrogens is 442 g/mol. The van der Waals surface area contributed by atoms with E-state index in [2.05, 4.69) is 27.7 Å². The third kappa shape index (κ3) is 6.49. The van der Waals surface area contributed by atoms with Gasteiger partial charge in [0, 0.05) is 17.1 Å². The first-order valence-corrected chi connectivity index (χ1v) is 12.7. The summed E-state index contributed by atoms with van der Waals surface area (Å²) in [6, 6.07) is 25.7. The second kappa shape index (κ2) is 11.9.